The zero-order chi connectivity index (χ0) is 8.36. The molecule has 0 aromatic heterocycles. The maximum atomic E-state index is 11.6. The molecule has 0 aromatic rings. The molecular weight excluding hydrogens is 149 g/mol. The molecule has 0 radical (unpaired) electrons. The van der Waals surface area contributed by atoms with Gasteiger partial charge in [-0.2, -0.15) is 13.2 Å². The number of hydrogen-bond donors (Lipinski definition) is 1. The minimum absolute atomic E-state index is 0.681. The first kappa shape index (κ1) is 9.06. The van der Waals surface area contributed by atoms with Crippen LogP contribution in [0, 0.1) is 0 Å². The fourth-order valence-corrected chi connectivity index (χ4v) is 0.400. The molecular formula is C4H7F3N2O. The summed E-state index contributed by atoms with van der Waals surface area (Å²) in [7, 11) is 2.28. The largest absolute Gasteiger partial charge is 0.452 e. The van der Waals surface area contributed by atoms with E-state index in [-0.39, 0.29) is 0 Å². The summed E-state index contributed by atoms with van der Waals surface area (Å²) < 4.78 is 34.9. The van der Waals surface area contributed by atoms with Gasteiger partial charge in [-0.05, 0) is 0 Å². The van der Waals surface area contributed by atoms with E-state index in [4.69, 9.17) is 5.21 Å². The highest BCUT2D eigenvalue weighted by Crippen LogP contribution is 2.17. The van der Waals surface area contributed by atoms with Crippen LogP contribution in [0.5, 0.6) is 0 Å². The van der Waals surface area contributed by atoms with Crippen molar-refractivity contribution in [2.45, 2.75) is 6.18 Å². The normalized spacial score (nSPS) is 13.5. The second kappa shape index (κ2) is 2.76. The van der Waals surface area contributed by atoms with Crippen molar-refractivity contribution in [1.82, 2.24) is 4.90 Å². The molecule has 10 heavy (non-hydrogen) atoms. The summed E-state index contributed by atoms with van der Waals surface area (Å²) in [4.78, 5) is 0.681. The first-order valence-corrected chi connectivity index (χ1v) is 2.36. The molecule has 0 rings (SSSR count). The lowest BCUT2D eigenvalue weighted by atomic mass is 10.5. The molecule has 60 valence electrons. The number of amidine groups is 1. The van der Waals surface area contributed by atoms with Gasteiger partial charge in [0.2, 0.25) is 5.84 Å². The summed E-state index contributed by atoms with van der Waals surface area (Å²) in [5.41, 5.74) is 0. The molecule has 0 aliphatic carbocycles. The van der Waals surface area contributed by atoms with Crippen molar-refractivity contribution in [2.75, 3.05) is 14.1 Å². The van der Waals surface area contributed by atoms with E-state index >= 15 is 0 Å². The molecule has 0 spiro atoms. The molecule has 0 bridgehead atoms. The predicted octanol–water partition coefficient (Wildman–Crippen LogP) is 0.898. The van der Waals surface area contributed by atoms with E-state index < -0.39 is 12.0 Å². The number of halogens is 3. The third-order valence-corrected chi connectivity index (χ3v) is 0.772. The molecule has 0 saturated carbocycles. The topological polar surface area (TPSA) is 35.8 Å². The predicted molar refractivity (Wildman–Crippen MR) is 29.0 cm³/mol. The molecule has 0 heterocycles. The van der Waals surface area contributed by atoms with Crippen LogP contribution in [-0.2, 0) is 0 Å². The van der Waals surface area contributed by atoms with Crippen LogP contribution in [0.1, 0.15) is 0 Å². The smallest absolute Gasteiger partial charge is 0.409 e. The second-order valence-corrected chi connectivity index (χ2v) is 1.82. The van der Waals surface area contributed by atoms with Gasteiger partial charge in [-0.1, -0.05) is 5.16 Å². The summed E-state index contributed by atoms with van der Waals surface area (Å²) >= 11 is 0. The molecule has 0 saturated heterocycles. The molecule has 1 N–H and O–H groups in total. The quantitative estimate of drug-likeness (QED) is 0.245. The fraction of sp³-hybridized carbons (Fsp3) is 0.750. The highest BCUT2D eigenvalue weighted by atomic mass is 19.4. The van der Waals surface area contributed by atoms with E-state index in [9.17, 15) is 13.2 Å². The van der Waals surface area contributed by atoms with Crippen molar-refractivity contribution in [3.8, 4) is 0 Å². The summed E-state index contributed by atoms with van der Waals surface area (Å²) in [5.74, 6) is -1.31. The van der Waals surface area contributed by atoms with Crippen LogP contribution in [0.25, 0.3) is 0 Å². The molecule has 0 aliphatic heterocycles. The van der Waals surface area contributed by atoms with E-state index in [0.29, 0.717) is 4.90 Å². The van der Waals surface area contributed by atoms with Crippen molar-refractivity contribution >= 4 is 5.84 Å². The molecule has 6 heteroatoms. The van der Waals surface area contributed by atoms with E-state index in [1.54, 1.807) is 0 Å². The lowest BCUT2D eigenvalue weighted by Crippen LogP contribution is -2.36. The minimum atomic E-state index is -4.59. The summed E-state index contributed by atoms with van der Waals surface area (Å²) in [6.45, 7) is 0. The monoisotopic (exact) mass is 156 g/mol. The first-order valence-electron chi connectivity index (χ1n) is 2.36. The lowest BCUT2D eigenvalue weighted by molar-refractivity contribution is -0.0693. The molecule has 0 aliphatic rings. The molecule has 0 unspecified atom stereocenters. The van der Waals surface area contributed by atoms with Gasteiger partial charge in [0, 0.05) is 14.1 Å². The number of alkyl halides is 3. The van der Waals surface area contributed by atoms with Crippen LogP contribution in [0.4, 0.5) is 13.2 Å². The zero-order valence-corrected chi connectivity index (χ0v) is 5.48. The average Bonchev–Trinajstić information content (AvgIpc) is 1.60. The Morgan fingerprint density at radius 3 is 1.80 bits per heavy atom. The number of hydrogen-bond acceptors (Lipinski definition) is 2. The zero-order valence-electron chi connectivity index (χ0n) is 5.48. The molecule has 0 aromatic carbocycles. The summed E-state index contributed by atoms with van der Waals surface area (Å²) in [6, 6.07) is 0. The average molecular weight is 156 g/mol. The SMILES string of the molecule is CN(C)/C(=N/O)C(F)(F)F. The van der Waals surface area contributed by atoms with Crippen molar-refractivity contribution < 1.29 is 18.4 Å². The van der Waals surface area contributed by atoms with Gasteiger partial charge in [-0.15, -0.1) is 0 Å². The number of nitrogens with zero attached hydrogens (tertiary/aromatic N) is 2. The number of oxime groups is 1. The highest BCUT2D eigenvalue weighted by molar-refractivity contribution is 5.86. The highest BCUT2D eigenvalue weighted by Gasteiger charge is 2.38. The Kier molecular flexibility index (Phi) is 2.50. The standard InChI is InChI=1S/C4H7F3N2O/c1-9(2)3(8-10)4(5,6)7/h10H,1-2H3/b8-3+. The van der Waals surface area contributed by atoms with Crippen LogP contribution < -0.4 is 0 Å². The molecule has 0 amide bonds. The van der Waals surface area contributed by atoms with Gasteiger partial charge in [0.25, 0.3) is 0 Å². The van der Waals surface area contributed by atoms with Crippen molar-refractivity contribution in [1.29, 1.82) is 0 Å². The van der Waals surface area contributed by atoms with Crippen molar-refractivity contribution in [3.63, 3.8) is 0 Å². The lowest BCUT2D eigenvalue weighted by Gasteiger charge is -2.15. The Bertz CT molecular complexity index is 140. The van der Waals surface area contributed by atoms with Gasteiger partial charge >= 0.3 is 6.18 Å². The van der Waals surface area contributed by atoms with Gasteiger partial charge in [-0.25, -0.2) is 0 Å². The third-order valence-electron chi connectivity index (χ3n) is 0.772. The summed E-state index contributed by atoms with van der Waals surface area (Å²) in [6.07, 6.45) is -4.59. The molecule has 3 nitrogen and oxygen atoms in total. The van der Waals surface area contributed by atoms with E-state index in [1.807, 2.05) is 0 Å². The van der Waals surface area contributed by atoms with E-state index in [2.05, 4.69) is 5.16 Å². The Hall–Kier alpha value is -0.940. The Morgan fingerprint density at radius 2 is 1.80 bits per heavy atom. The second-order valence-electron chi connectivity index (χ2n) is 1.82. The van der Waals surface area contributed by atoms with Gasteiger partial charge in [-0.3, -0.25) is 0 Å². The fourth-order valence-electron chi connectivity index (χ4n) is 0.400. The summed E-state index contributed by atoms with van der Waals surface area (Å²) in [5, 5.41) is 9.93. The van der Waals surface area contributed by atoms with Gasteiger partial charge in [0.05, 0.1) is 0 Å². The Morgan fingerprint density at radius 1 is 1.40 bits per heavy atom. The minimum Gasteiger partial charge on any atom is -0.409 e. The Labute approximate surface area is 55.7 Å². The van der Waals surface area contributed by atoms with E-state index in [0.717, 1.165) is 14.1 Å². The molecule has 0 fully saturated rings. The van der Waals surface area contributed by atoms with Gasteiger partial charge < -0.3 is 10.1 Å². The van der Waals surface area contributed by atoms with Crippen LogP contribution in [0.2, 0.25) is 0 Å². The van der Waals surface area contributed by atoms with Crippen LogP contribution >= 0.6 is 0 Å². The number of rotatable bonds is 0. The molecule has 0 atom stereocenters. The van der Waals surface area contributed by atoms with Crippen LogP contribution in [0.3, 0.4) is 0 Å². The van der Waals surface area contributed by atoms with E-state index in [1.165, 1.54) is 0 Å². The first-order chi connectivity index (χ1) is 4.39. The van der Waals surface area contributed by atoms with Crippen molar-refractivity contribution in [3.05, 3.63) is 0 Å². The van der Waals surface area contributed by atoms with Crippen LogP contribution in [0.15, 0.2) is 5.16 Å². The van der Waals surface area contributed by atoms with Crippen molar-refractivity contribution in [2.24, 2.45) is 5.16 Å². The van der Waals surface area contributed by atoms with Gasteiger partial charge in [0.1, 0.15) is 0 Å². The maximum absolute atomic E-state index is 11.6. The Balaban J connectivity index is 4.40. The third kappa shape index (κ3) is 2.12. The van der Waals surface area contributed by atoms with Gasteiger partial charge in [0.15, 0.2) is 0 Å². The van der Waals surface area contributed by atoms with Crippen LogP contribution in [-0.4, -0.2) is 36.2 Å². The maximum Gasteiger partial charge on any atom is 0.452 e.